The number of hydrogen-bond acceptors (Lipinski definition) is 5. The summed E-state index contributed by atoms with van der Waals surface area (Å²) in [5.74, 6) is -1.11. The number of nitro benzene ring substituents is 1. The van der Waals surface area contributed by atoms with E-state index in [4.69, 9.17) is 0 Å². The van der Waals surface area contributed by atoms with E-state index in [9.17, 15) is 24.8 Å². The summed E-state index contributed by atoms with van der Waals surface area (Å²) in [6.45, 7) is 0. The van der Waals surface area contributed by atoms with Crippen LogP contribution in [-0.4, -0.2) is 26.4 Å². The van der Waals surface area contributed by atoms with Crippen molar-refractivity contribution in [1.29, 1.82) is 0 Å². The first-order valence-electron chi connectivity index (χ1n) is 6.29. The Hall–Kier alpha value is -2.90. The van der Waals surface area contributed by atoms with Gasteiger partial charge in [0.25, 0.3) is 5.69 Å². The molecule has 0 saturated carbocycles. The molecule has 1 saturated heterocycles. The van der Waals surface area contributed by atoms with Gasteiger partial charge in [-0.25, -0.2) is 0 Å². The van der Waals surface area contributed by atoms with Gasteiger partial charge in [0, 0.05) is 18.7 Å². The number of hydrogen-bond donors (Lipinski definition) is 2. The molecule has 0 bridgehead atoms. The van der Waals surface area contributed by atoms with Crippen LogP contribution in [0.25, 0.3) is 10.8 Å². The second-order valence-corrected chi connectivity index (χ2v) is 4.82. The molecule has 1 aromatic heterocycles. The number of rotatable bonds is 2. The normalized spacial score (nSPS) is 18.8. The molecule has 1 fully saturated rings. The molecule has 1 aliphatic heterocycles. The zero-order valence-electron chi connectivity index (χ0n) is 10.8. The van der Waals surface area contributed by atoms with Crippen LogP contribution in [0.15, 0.2) is 24.4 Å². The first-order chi connectivity index (χ1) is 9.99. The maximum atomic E-state index is 11.9. The van der Waals surface area contributed by atoms with Gasteiger partial charge in [-0.15, -0.1) is 0 Å². The quantitative estimate of drug-likeness (QED) is 0.490. The Kier molecular flexibility index (Phi) is 2.86. The molecule has 0 radical (unpaired) electrons. The predicted octanol–water partition coefficient (Wildman–Crippen LogP) is 1.23. The molecule has 3 rings (SSSR count). The summed E-state index contributed by atoms with van der Waals surface area (Å²) >= 11 is 0. The fourth-order valence-corrected chi connectivity index (χ4v) is 2.57. The van der Waals surface area contributed by atoms with Crippen molar-refractivity contribution in [3.63, 3.8) is 0 Å². The van der Waals surface area contributed by atoms with Gasteiger partial charge < -0.3 is 9.67 Å². The summed E-state index contributed by atoms with van der Waals surface area (Å²) < 4.78 is 1.28. The lowest BCUT2D eigenvalue weighted by molar-refractivity contribution is -0.383. The summed E-state index contributed by atoms with van der Waals surface area (Å²) in [6.07, 6.45) is 1.78. The predicted molar refractivity (Wildman–Crippen MR) is 71.7 cm³/mol. The number of aromatic hydroxyl groups is 1. The van der Waals surface area contributed by atoms with Crippen molar-refractivity contribution in [1.82, 2.24) is 9.88 Å². The summed E-state index contributed by atoms with van der Waals surface area (Å²) in [7, 11) is 0. The van der Waals surface area contributed by atoms with Crippen LogP contribution < -0.4 is 5.32 Å². The summed E-state index contributed by atoms with van der Waals surface area (Å²) in [4.78, 5) is 33.5. The Balaban J connectivity index is 2.14. The number of non-ortho nitro benzene ring substituents is 1. The molecule has 1 atom stereocenters. The number of nitrogens with zero attached hydrogens (tertiary/aromatic N) is 2. The topological polar surface area (TPSA) is 114 Å². The third-order valence-corrected chi connectivity index (χ3v) is 3.58. The van der Waals surface area contributed by atoms with Crippen LogP contribution in [0.5, 0.6) is 5.88 Å². The molecule has 1 unspecified atom stereocenters. The zero-order chi connectivity index (χ0) is 15.1. The van der Waals surface area contributed by atoms with Gasteiger partial charge >= 0.3 is 0 Å². The van der Waals surface area contributed by atoms with E-state index >= 15 is 0 Å². The van der Waals surface area contributed by atoms with E-state index in [1.54, 1.807) is 6.07 Å². The minimum absolute atomic E-state index is 0.145. The van der Waals surface area contributed by atoms with Crippen molar-refractivity contribution in [3.05, 3.63) is 34.5 Å². The Bertz CT molecular complexity index is 779. The van der Waals surface area contributed by atoms with Crippen molar-refractivity contribution < 1.29 is 19.6 Å². The second kappa shape index (κ2) is 4.58. The van der Waals surface area contributed by atoms with Gasteiger partial charge in [-0.1, -0.05) is 6.07 Å². The summed E-state index contributed by atoms with van der Waals surface area (Å²) in [6, 6.07) is 3.58. The summed E-state index contributed by atoms with van der Waals surface area (Å²) in [5, 5.41) is 24.0. The fourth-order valence-electron chi connectivity index (χ4n) is 2.57. The van der Waals surface area contributed by atoms with Crippen LogP contribution in [0.3, 0.4) is 0 Å². The highest BCUT2D eigenvalue weighted by Gasteiger charge is 2.31. The molecule has 0 aliphatic carbocycles. The highest BCUT2D eigenvalue weighted by molar-refractivity contribution is 6.01. The average molecular weight is 289 g/mol. The van der Waals surface area contributed by atoms with Crippen molar-refractivity contribution in [3.8, 4) is 5.88 Å². The van der Waals surface area contributed by atoms with Crippen molar-refractivity contribution in [2.24, 2.45) is 0 Å². The van der Waals surface area contributed by atoms with Gasteiger partial charge in [-0.3, -0.25) is 25.0 Å². The monoisotopic (exact) mass is 289 g/mol. The average Bonchev–Trinajstić information content (AvgIpc) is 2.76. The van der Waals surface area contributed by atoms with E-state index in [-0.39, 0.29) is 35.7 Å². The number of nitro groups is 1. The molecule has 2 heterocycles. The number of aromatic nitrogens is 1. The van der Waals surface area contributed by atoms with Crippen molar-refractivity contribution in [2.75, 3.05) is 0 Å². The Labute approximate surface area is 118 Å². The molecule has 2 N–H and O–H groups in total. The molecular weight excluding hydrogens is 278 g/mol. The molecule has 21 heavy (non-hydrogen) atoms. The minimum atomic E-state index is -0.755. The van der Waals surface area contributed by atoms with E-state index in [2.05, 4.69) is 5.32 Å². The van der Waals surface area contributed by atoms with Crippen LogP contribution in [-0.2, 0) is 9.59 Å². The molecule has 0 spiro atoms. The Morgan fingerprint density at radius 2 is 2.10 bits per heavy atom. The number of amides is 2. The first kappa shape index (κ1) is 13.1. The SMILES string of the molecule is O=C1CCC(n2cc3c([N+](=O)[O-])cccc3c2O)C(=O)N1. The van der Waals surface area contributed by atoms with E-state index in [0.717, 1.165) is 0 Å². The van der Waals surface area contributed by atoms with Crippen LogP contribution in [0.2, 0.25) is 0 Å². The van der Waals surface area contributed by atoms with Crippen LogP contribution >= 0.6 is 0 Å². The number of benzene rings is 1. The van der Waals surface area contributed by atoms with Crippen molar-refractivity contribution in [2.45, 2.75) is 18.9 Å². The van der Waals surface area contributed by atoms with Crippen molar-refractivity contribution >= 4 is 28.3 Å². The fraction of sp³-hybridized carbons (Fsp3) is 0.231. The molecule has 2 amide bonds. The number of carbonyl (C=O) groups excluding carboxylic acids is 2. The largest absolute Gasteiger partial charge is 0.494 e. The van der Waals surface area contributed by atoms with Gasteiger partial charge in [0.05, 0.1) is 15.7 Å². The van der Waals surface area contributed by atoms with E-state index < -0.39 is 16.9 Å². The maximum Gasteiger partial charge on any atom is 0.278 e. The molecule has 2 aromatic rings. The number of imide groups is 1. The highest BCUT2D eigenvalue weighted by Crippen LogP contribution is 2.36. The lowest BCUT2D eigenvalue weighted by Gasteiger charge is -2.22. The van der Waals surface area contributed by atoms with Gasteiger partial charge in [-0.2, -0.15) is 0 Å². The summed E-state index contributed by atoms with van der Waals surface area (Å²) in [5.41, 5.74) is -0.145. The minimum Gasteiger partial charge on any atom is -0.494 e. The Morgan fingerprint density at radius 1 is 1.33 bits per heavy atom. The standard InChI is InChI=1S/C13H11N3O5/c17-11-5-4-10(12(18)14-11)15-6-8-7(13(15)19)2-1-3-9(8)16(20)21/h1-3,6,10,19H,4-5H2,(H,14,17,18). The zero-order valence-corrected chi connectivity index (χ0v) is 10.8. The van der Waals surface area contributed by atoms with Crippen LogP contribution in [0, 0.1) is 10.1 Å². The number of carbonyl (C=O) groups is 2. The smallest absolute Gasteiger partial charge is 0.278 e. The van der Waals surface area contributed by atoms with E-state index in [0.29, 0.717) is 5.39 Å². The number of fused-ring (bicyclic) bond motifs is 1. The molecular formula is C13H11N3O5. The van der Waals surface area contributed by atoms with Gasteiger partial charge in [0.15, 0.2) is 5.88 Å². The third-order valence-electron chi connectivity index (χ3n) is 3.58. The van der Waals surface area contributed by atoms with Crippen LogP contribution in [0.1, 0.15) is 18.9 Å². The number of piperidine rings is 1. The Morgan fingerprint density at radius 3 is 2.76 bits per heavy atom. The van der Waals surface area contributed by atoms with Gasteiger partial charge in [-0.05, 0) is 12.5 Å². The molecule has 108 valence electrons. The van der Waals surface area contributed by atoms with Crippen LogP contribution in [0.4, 0.5) is 5.69 Å². The first-order valence-corrected chi connectivity index (χ1v) is 6.29. The third kappa shape index (κ3) is 2.00. The highest BCUT2D eigenvalue weighted by atomic mass is 16.6. The van der Waals surface area contributed by atoms with Gasteiger partial charge in [0.2, 0.25) is 11.8 Å². The van der Waals surface area contributed by atoms with Gasteiger partial charge in [0.1, 0.15) is 6.04 Å². The van der Waals surface area contributed by atoms with E-state index in [1.165, 1.54) is 22.9 Å². The molecule has 8 nitrogen and oxygen atoms in total. The molecule has 1 aliphatic rings. The number of nitrogens with one attached hydrogen (secondary N) is 1. The maximum absolute atomic E-state index is 11.9. The second-order valence-electron chi connectivity index (χ2n) is 4.82. The molecule has 8 heteroatoms. The lowest BCUT2D eigenvalue weighted by Crippen LogP contribution is -2.41. The molecule has 1 aromatic carbocycles. The van der Waals surface area contributed by atoms with E-state index in [1.807, 2.05) is 0 Å². The lowest BCUT2D eigenvalue weighted by atomic mass is 10.1.